The molecular weight excluding hydrogens is 76.1 g/mol. The average Bonchev–Trinajstić information content (AvgIpc) is 1.72. The lowest BCUT2D eigenvalue weighted by Gasteiger charge is -1.69. The molecule has 0 aliphatic rings. The fraction of sp³-hybridized carbons (Fsp3) is 0.600. The van der Waals surface area contributed by atoms with Crippen molar-refractivity contribution in [1.82, 2.24) is 0 Å². The zero-order valence-corrected chi connectivity index (χ0v) is 4.02. The highest BCUT2D eigenvalue weighted by Crippen LogP contribution is 1.61. The summed E-state index contributed by atoms with van der Waals surface area (Å²) in [5.74, 6) is 0. The van der Waals surface area contributed by atoms with Crippen LogP contribution in [-0.4, -0.2) is 11.7 Å². The maximum atomic E-state index is 7.88. The Bertz CT molecular complexity index is 20.4. The van der Waals surface area contributed by atoms with Crippen LogP contribution in [0.4, 0.5) is 0 Å². The molecule has 0 fully saturated rings. The Kier molecular flexibility index (Phi) is 36.8. The minimum Gasteiger partial charge on any atom is -0.396 e. The zero-order chi connectivity index (χ0) is 5.41. The summed E-state index contributed by atoms with van der Waals surface area (Å²) in [7, 11) is 0. The molecule has 0 rings (SSSR count). The van der Waals surface area contributed by atoms with Crippen molar-refractivity contribution in [2.24, 2.45) is 0 Å². The Morgan fingerprint density at radius 1 is 1.50 bits per heavy atom. The monoisotopic (exact) mass is 86.1 g/mol. The highest BCUT2D eigenvalue weighted by Gasteiger charge is 1.57. The lowest BCUT2D eigenvalue weighted by atomic mass is 10.5. The molecule has 0 radical (unpaired) electrons. The topological polar surface area (TPSA) is 20.2 Å². The van der Waals surface area contributed by atoms with E-state index in [-0.39, 0.29) is 0 Å². The van der Waals surface area contributed by atoms with Gasteiger partial charge in [0.2, 0.25) is 0 Å². The van der Waals surface area contributed by atoms with Crippen LogP contribution in [-0.2, 0) is 0 Å². The van der Waals surface area contributed by atoms with E-state index in [2.05, 4.69) is 12.8 Å². The Hall–Kier alpha value is -0.480. The van der Waals surface area contributed by atoms with Crippen LogP contribution in [0.3, 0.4) is 0 Å². The van der Waals surface area contributed by atoms with Crippen LogP contribution in [0.25, 0.3) is 0 Å². The maximum Gasteiger partial charge on any atom is 0.0428 e. The van der Waals surface area contributed by atoms with E-state index >= 15 is 0 Å². The molecule has 1 N–H and O–H groups in total. The first-order chi connectivity index (χ1) is 2.91. The van der Waals surface area contributed by atoms with Crippen LogP contribution in [0, 0.1) is 12.8 Å². The predicted molar refractivity (Wildman–Crippen MR) is 27.3 cm³/mol. The largest absolute Gasteiger partial charge is 0.396 e. The first kappa shape index (κ1) is 9.10. The molecule has 0 aliphatic heterocycles. The molecule has 0 amide bonds. The van der Waals surface area contributed by atoms with Crippen molar-refractivity contribution in [2.45, 2.75) is 13.3 Å². The number of rotatable bonds is 1. The molecule has 36 valence electrons. The molecule has 0 atom stereocenters. The molecule has 1 heteroatoms. The number of aliphatic hydroxyl groups is 1. The molecule has 0 aromatic carbocycles. The van der Waals surface area contributed by atoms with Gasteiger partial charge in [-0.05, 0) is 6.42 Å². The van der Waals surface area contributed by atoms with Crippen LogP contribution in [0.2, 0.25) is 0 Å². The smallest absolute Gasteiger partial charge is 0.0428 e. The third-order valence-electron chi connectivity index (χ3n) is 0.224. The highest BCUT2D eigenvalue weighted by atomic mass is 16.2. The molecule has 0 aliphatic carbocycles. The number of aliphatic hydroxyl groups excluding tert-OH is 1. The Balaban J connectivity index is 0. The SMILES string of the molecule is C#C.CCCO. The summed E-state index contributed by atoms with van der Waals surface area (Å²) in [5, 5.41) is 7.88. The van der Waals surface area contributed by atoms with Crippen molar-refractivity contribution < 1.29 is 5.11 Å². The van der Waals surface area contributed by atoms with E-state index in [4.69, 9.17) is 5.11 Å². The number of hydrogen-bond acceptors (Lipinski definition) is 1. The predicted octanol–water partition coefficient (Wildman–Crippen LogP) is 0.638. The lowest BCUT2D eigenvalue weighted by molar-refractivity contribution is 0.295. The summed E-state index contributed by atoms with van der Waals surface area (Å²) in [5.41, 5.74) is 0. The molecule has 0 unspecified atom stereocenters. The van der Waals surface area contributed by atoms with Gasteiger partial charge in [-0.1, -0.05) is 6.92 Å². The second-order valence-electron chi connectivity index (χ2n) is 0.724. The van der Waals surface area contributed by atoms with Gasteiger partial charge in [-0.2, -0.15) is 0 Å². The van der Waals surface area contributed by atoms with E-state index in [1.807, 2.05) is 6.92 Å². The fourth-order valence-corrected chi connectivity index (χ4v) is 0. The van der Waals surface area contributed by atoms with Crippen LogP contribution in [0.1, 0.15) is 13.3 Å². The third-order valence-corrected chi connectivity index (χ3v) is 0.224. The molecule has 0 aromatic heterocycles. The molecule has 0 aromatic rings. The molecule has 1 nitrogen and oxygen atoms in total. The van der Waals surface area contributed by atoms with Gasteiger partial charge in [-0.15, -0.1) is 12.8 Å². The van der Waals surface area contributed by atoms with Gasteiger partial charge in [0, 0.05) is 6.61 Å². The summed E-state index contributed by atoms with van der Waals surface area (Å²) in [6.07, 6.45) is 8.88. The Labute approximate surface area is 39.0 Å². The Morgan fingerprint density at radius 2 is 1.67 bits per heavy atom. The van der Waals surface area contributed by atoms with Gasteiger partial charge in [0.1, 0.15) is 0 Å². The summed E-state index contributed by atoms with van der Waals surface area (Å²) in [6, 6.07) is 0. The second-order valence-corrected chi connectivity index (χ2v) is 0.724. The molecule has 0 saturated carbocycles. The minimum absolute atomic E-state index is 0.319. The van der Waals surface area contributed by atoms with E-state index in [0.717, 1.165) is 6.42 Å². The molecule has 0 saturated heterocycles. The van der Waals surface area contributed by atoms with Gasteiger partial charge in [0.15, 0.2) is 0 Å². The van der Waals surface area contributed by atoms with Gasteiger partial charge in [-0.25, -0.2) is 0 Å². The fourth-order valence-electron chi connectivity index (χ4n) is 0. The van der Waals surface area contributed by atoms with Crippen molar-refractivity contribution >= 4 is 0 Å². The van der Waals surface area contributed by atoms with Gasteiger partial charge >= 0.3 is 0 Å². The van der Waals surface area contributed by atoms with Crippen LogP contribution < -0.4 is 0 Å². The van der Waals surface area contributed by atoms with Gasteiger partial charge in [-0.3, -0.25) is 0 Å². The molecule has 0 heterocycles. The highest BCUT2D eigenvalue weighted by molar-refractivity contribution is 4.47. The van der Waals surface area contributed by atoms with Crippen LogP contribution in [0.15, 0.2) is 0 Å². The van der Waals surface area contributed by atoms with Crippen molar-refractivity contribution in [3.8, 4) is 12.8 Å². The summed E-state index contributed by atoms with van der Waals surface area (Å²) in [6.45, 7) is 2.25. The summed E-state index contributed by atoms with van der Waals surface area (Å²) < 4.78 is 0. The average molecular weight is 86.1 g/mol. The lowest BCUT2D eigenvalue weighted by Crippen LogP contribution is -1.69. The number of hydrogen-bond donors (Lipinski definition) is 1. The van der Waals surface area contributed by atoms with E-state index in [1.165, 1.54) is 0 Å². The van der Waals surface area contributed by atoms with E-state index in [0.29, 0.717) is 6.61 Å². The van der Waals surface area contributed by atoms with E-state index in [1.54, 1.807) is 0 Å². The van der Waals surface area contributed by atoms with Gasteiger partial charge in [0.05, 0.1) is 0 Å². The summed E-state index contributed by atoms with van der Waals surface area (Å²) >= 11 is 0. The Morgan fingerprint density at radius 3 is 1.67 bits per heavy atom. The van der Waals surface area contributed by atoms with Crippen molar-refractivity contribution in [2.75, 3.05) is 6.61 Å². The molecular formula is C5H10O. The number of terminal acetylenes is 1. The van der Waals surface area contributed by atoms with E-state index < -0.39 is 0 Å². The summed E-state index contributed by atoms with van der Waals surface area (Å²) in [4.78, 5) is 0. The first-order valence-corrected chi connectivity index (χ1v) is 1.86. The van der Waals surface area contributed by atoms with Crippen molar-refractivity contribution in [1.29, 1.82) is 0 Å². The first-order valence-electron chi connectivity index (χ1n) is 1.86. The molecule has 0 bridgehead atoms. The molecule has 0 spiro atoms. The second kappa shape index (κ2) is 24.2. The van der Waals surface area contributed by atoms with Crippen molar-refractivity contribution in [3.63, 3.8) is 0 Å². The normalized spacial score (nSPS) is 5.33. The maximum absolute atomic E-state index is 7.88. The van der Waals surface area contributed by atoms with Gasteiger partial charge < -0.3 is 5.11 Å². The van der Waals surface area contributed by atoms with Crippen LogP contribution in [0.5, 0.6) is 0 Å². The third kappa shape index (κ3) is 82.7. The van der Waals surface area contributed by atoms with Crippen molar-refractivity contribution in [3.05, 3.63) is 0 Å². The minimum atomic E-state index is 0.319. The molecule has 6 heavy (non-hydrogen) atoms. The van der Waals surface area contributed by atoms with E-state index in [9.17, 15) is 0 Å². The standard InChI is InChI=1S/C3H8O.C2H2/c1-2-3-4;1-2/h4H,2-3H2,1H3;1-2H. The van der Waals surface area contributed by atoms with Gasteiger partial charge in [0.25, 0.3) is 0 Å². The van der Waals surface area contributed by atoms with Crippen LogP contribution >= 0.6 is 0 Å². The quantitative estimate of drug-likeness (QED) is 0.464. The zero-order valence-electron chi connectivity index (χ0n) is 4.02.